The topological polar surface area (TPSA) is 56.0 Å². The van der Waals surface area contributed by atoms with E-state index in [-0.39, 0.29) is 5.91 Å². The van der Waals surface area contributed by atoms with Gasteiger partial charge in [0, 0.05) is 18.6 Å². The van der Waals surface area contributed by atoms with Crippen molar-refractivity contribution in [3.05, 3.63) is 88.2 Å². The van der Waals surface area contributed by atoms with Crippen molar-refractivity contribution in [3.8, 4) is 11.3 Å². The highest BCUT2D eigenvalue weighted by Crippen LogP contribution is 2.22. The minimum atomic E-state index is -0.371. The van der Waals surface area contributed by atoms with Crippen LogP contribution in [-0.2, 0) is 0 Å². The van der Waals surface area contributed by atoms with Gasteiger partial charge in [0.2, 0.25) is 11.4 Å². The Bertz CT molecular complexity index is 895. The highest BCUT2D eigenvalue weighted by atomic mass is 35.5. The fraction of sp³-hybridized carbons (Fsp3) is 0.0526. The first-order valence-electron chi connectivity index (χ1n) is 7.42. The number of hydrogen-bond acceptors (Lipinski definition) is 2. The summed E-state index contributed by atoms with van der Waals surface area (Å²) in [7, 11) is 0. The van der Waals surface area contributed by atoms with Gasteiger partial charge in [-0.15, -0.1) is 0 Å². The number of carbonyl (C=O) groups excluding carboxylic acids is 1. The second kappa shape index (κ2) is 6.72. The molecular formula is C19H15ClN2O2. The zero-order valence-electron chi connectivity index (χ0n) is 13.0. The highest BCUT2D eigenvalue weighted by molar-refractivity contribution is 6.33. The number of halogens is 1. The first kappa shape index (κ1) is 16.0. The summed E-state index contributed by atoms with van der Waals surface area (Å²) in [5, 5.41) is 15.7. The normalized spacial score (nSPS) is 10.4. The van der Waals surface area contributed by atoms with E-state index in [0.717, 1.165) is 10.3 Å². The maximum Gasteiger partial charge on any atom is 0.262 e. The molecule has 0 spiro atoms. The van der Waals surface area contributed by atoms with Gasteiger partial charge >= 0.3 is 0 Å². The summed E-state index contributed by atoms with van der Waals surface area (Å²) in [5.41, 5.74) is 2.45. The van der Waals surface area contributed by atoms with E-state index in [1.54, 1.807) is 43.3 Å². The smallest absolute Gasteiger partial charge is 0.262 e. The van der Waals surface area contributed by atoms with Crippen molar-refractivity contribution in [2.24, 2.45) is 0 Å². The van der Waals surface area contributed by atoms with Gasteiger partial charge in [-0.3, -0.25) is 4.79 Å². The summed E-state index contributed by atoms with van der Waals surface area (Å²) < 4.78 is 0.775. The summed E-state index contributed by atoms with van der Waals surface area (Å²) in [6.45, 7) is 1.63. The number of carbonyl (C=O) groups is 1. The van der Waals surface area contributed by atoms with E-state index >= 15 is 0 Å². The van der Waals surface area contributed by atoms with Crippen LogP contribution in [0, 0.1) is 12.1 Å². The molecule has 0 bridgehead atoms. The van der Waals surface area contributed by atoms with Crippen molar-refractivity contribution in [1.29, 1.82) is 0 Å². The lowest BCUT2D eigenvalue weighted by Crippen LogP contribution is -2.35. The second-order valence-corrected chi connectivity index (χ2v) is 5.72. The molecule has 0 fully saturated rings. The minimum Gasteiger partial charge on any atom is -0.618 e. The zero-order chi connectivity index (χ0) is 17.1. The van der Waals surface area contributed by atoms with E-state index in [2.05, 4.69) is 5.32 Å². The third-order valence-corrected chi connectivity index (χ3v) is 4.09. The summed E-state index contributed by atoms with van der Waals surface area (Å²) >= 11 is 6.05. The first-order valence-corrected chi connectivity index (χ1v) is 7.80. The molecule has 3 aromatic rings. The largest absolute Gasteiger partial charge is 0.618 e. The van der Waals surface area contributed by atoms with Gasteiger partial charge in [0.05, 0.1) is 10.7 Å². The molecule has 0 aliphatic rings. The van der Waals surface area contributed by atoms with E-state index in [0.29, 0.717) is 27.7 Å². The Balaban J connectivity index is 1.94. The van der Waals surface area contributed by atoms with Gasteiger partial charge in [-0.05, 0) is 30.3 Å². The Morgan fingerprint density at radius 3 is 2.38 bits per heavy atom. The number of pyridine rings is 1. The van der Waals surface area contributed by atoms with E-state index in [9.17, 15) is 10.0 Å². The molecule has 2 aromatic carbocycles. The van der Waals surface area contributed by atoms with Crippen molar-refractivity contribution >= 4 is 23.2 Å². The predicted octanol–water partition coefficient (Wildman–Crippen LogP) is 4.20. The number of rotatable bonds is 3. The Morgan fingerprint density at radius 2 is 1.67 bits per heavy atom. The molecular weight excluding hydrogens is 324 g/mol. The molecule has 1 amide bonds. The molecule has 1 heterocycles. The lowest BCUT2D eigenvalue weighted by Gasteiger charge is -2.12. The number of aromatic nitrogens is 1. The summed E-state index contributed by atoms with van der Waals surface area (Å²) in [6.07, 6.45) is 0. The molecule has 1 N–H and O–H groups in total. The number of nitrogens with one attached hydrogen (secondary N) is 1. The molecule has 0 saturated heterocycles. The monoisotopic (exact) mass is 338 g/mol. The molecule has 24 heavy (non-hydrogen) atoms. The van der Waals surface area contributed by atoms with Crippen LogP contribution < -0.4 is 10.0 Å². The van der Waals surface area contributed by atoms with Crippen molar-refractivity contribution in [3.63, 3.8) is 0 Å². The predicted molar refractivity (Wildman–Crippen MR) is 95.0 cm³/mol. The molecule has 0 aliphatic carbocycles. The molecule has 1 aromatic heterocycles. The lowest BCUT2D eigenvalue weighted by molar-refractivity contribution is -0.600. The number of para-hydroxylation sites is 1. The Morgan fingerprint density at radius 1 is 1.00 bits per heavy atom. The molecule has 0 unspecified atom stereocenters. The van der Waals surface area contributed by atoms with E-state index in [1.165, 1.54) is 0 Å². The molecule has 0 saturated carbocycles. The molecule has 4 nitrogen and oxygen atoms in total. The van der Waals surface area contributed by atoms with Crippen LogP contribution in [0.3, 0.4) is 0 Å². The van der Waals surface area contributed by atoms with Crippen molar-refractivity contribution in [1.82, 2.24) is 0 Å². The van der Waals surface area contributed by atoms with Crippen LogP contribution in [0.5, 0.6) is 0 Å². The molecule has 5 heteroatoms. The van der Waals surface area contributed by atoms with E-state index in [1.807, 2.05) is 30.3 Å². The van der Waals surface area contributed by atoms with Crippen LogP contribution in [0.15, 0.2) is 66.7 Å². The molecule has 3 rings (SSSR count). The maximum atomic E-state index is 12.5. The standard InChI is InChI=1S/C19H15ClN2O2/c1-13-15(19(23)21-17-10-6-5-9-16(17)20)11-12-18(22(13)24)14-7-3-2-4-8-14/h2-12H,1H3,(H,21,23). The summed E-state index contributed by atoms with van der Waals surface area (Å²) in [4.78, 5) is 12.5. The quantitative estimate of drug-likeness (QED) is 0.574. The average Bonchev–Trinajstić information content (AvgIpc) is 2.60. The second-order valence-electron chi connectivity index (χ2n) is 5.31. The van der Waals surface area contributed by atoms with Crippen LogP contribution >= 0.6 is 11.6 Å². The van der Waals surface area contributed by atoms with E-state index in [4.69, 9.17) is 11.6 Å². The molecule has 0 aliphatic heterocycles. The number of hydrogen-bond donors (Lipinski definition) is 1. The van der Waals surface area contributed by atoms with Gasteiger partial charge in [0.25, 0.3) is 5.91 Å². The molecule has 120 valence electrons. The Hall–Kier alpha value is -2.85. The van der Waals surface area contributed by atoms with Gasteiger partial charge in [0.15, 0.2) is 0 Å². The van der Waals surface area contributed by atoms with Crippen molar-refractivity contribution in [2.45, 2.75) is 6.92 Å². The number of amides is 1. The molecule has 0 radical (unpaired) electrons. The van der Waals surface area contributed by atoms with Crippen molar-refractivity contribution < 1.29 is 9.52 Å². The highest BCUT2D eigenvalue weighted by Gasteiger charge is 2.20. The minimum absolute atomic E-state index is 0.310. The van der Waals surface area contributed by atoms with Gasteiger partial charge in [0.1, 0.15) is 5.56 Å². The van der Waals surface area contributed by atoms with Gasteiger partial charge in [-0.2, -0.15) is 4.73 Å². The van der Waals surface area contributed by atoms with Gasteiger partial charge < -0.3 is 10.5 Å². The first-order chi connectivity index (χ1) is 11.6. The van der Waals surface area contributed by atoms with E-state index < -0.39 is 0 Å². The van der Waals surface area contributed by atoms with Crippen LogP contribution in [0.1, 0.15) is 16.1 Å². The average molecular weight is 339 g/mol. The third-order valence-electron chi connectivity index (χ3n) is 3.76. The van der Waals surface area contributed by atoms with Gasteiger partial charge in [-0.1, -0.05) is 41.9 Å². The fourth-order valence-corrected chi connectivity index (χ4v) is 2.64. The van der Waals surface area contributed by atoms with Crippen LogP contribution in [0.2, 0.25) is 5.02 Å². The van der Waals surface area contributed by atoms with Crippen LogP contribution in [-0.4, -0.2) is 5.91 Å². The third kappa shape index (κ3) is 3.09. The van der Waals surface area contributed by atoms with Crippen LogP contribution in [0.4, 0.5) is 5.69 Å². The van der Waals surface area contributed by atoms with Crippen molar-refractivity contribution in [2.75, 3.05) is 5.32 Å². The maximum absolute atomic E-state index is 12.5. The Kier molecular flexibility index (Phi) is 4.49. The summed E-state index contributed by atoms with van der Waals surface area (Å²) in [5.74, 6) is -0.371. The zero-order valence-corrected chi connectivity index (χ0v) is 13.7. The fourth-order valence-electron chi connectivity index (χ4n) is 2.46. The number of anilines is 1. The summed E-state index contributed by atoms with van der Waals surface area (Å²) in [6, 6.07) is 19.6. The number of nitrogens with zero attached hydrogens (tertiary/aromatic N) is 1. The van der Waals surface area contributed by atoms with Crippen LogP contribution in [0.25, 0.3) is 11.3 Å². The Labute approximate surface area is 144 Å². The molecule has 0 atom stereocenters. The SMILES string of the molecule is Cc1c(C(=O)Nc2ccccc2Cl)ccc(-c2ccccc2)[n+]1[O-]. The number of benzene rings is 2. The lowest BCUT2D eigenvalue weighted by atomic mass is 10.1. The van der Waals surface area contributed by atoms with Gasteiger partial charge in [-0.25, -0.2) is 0 Å².